The third-order valence-corrected chi connectivity index (χ3v) is 5.71. The van der Waals surface area contributed by atoms with Gasteiger partial charge in [0.05, 0.1) is 9.79 Å². The summed E-state index contributed by atoms with van der Waals surface area (Å²) < 4.78 is 25.1. The first-order valence-electron chi connectivity index (χ1n) is 8.00. The minimum atomic E-state index is -3.58. The van der Waals surface area contributed by atoms with Crippen molar-refractivity contribution in [3.05, 3.63) is 90.5 Å². The SMILES string of the molecule is NC(C(=O)Nc1ccc(S(=O)(=O)c2ccccc2)cc1)c1ccccc1. The quantitative estimate of drug-likeness (QED) is 0.726. The molecule has 132 valence electrons. The molecule has 1 atom stereocenters. The van der Waals surface area contributed by atoms with Gasteiger partial charge in [-0.25, -0.2) is 8.42 Å². The smallest absolute Gasteiger partial charge is 0.245 e. The van der Waals surface area contributed by atoms with Gasteiger partial charge in [-0.2, -0.15) is 0 Å². The highest BCUT2D eigenvalue weighted by molar-refractivity contribution is 7.91. The zero-order valence-corrected chi connectivity index (χ0v) is 14.7. The van der Waals surface area contributed by atoms with Crippen molar-refractivity contribution >= 4 is 21.4 Å². The summed E-state index contributed by atoms with van der Waals surface area (Å²) >= 11 is 0. The number of nitrogens with one attached hydrogen (secondary N) is 1. The first kappa shape index (κ1) is 17.8. The Morgan fingerprint density at radius 1 is 0.769 bits per heavy atom. The van der Waals surface area contributed by atoms with Crippen LogP contribution >= 0.6 is 0 Å². The normalized spacial score (nSPS) is 12.3. The van der Waals surface area contributed by atoms with E-state index in [0.29, 0.717) is 11.3 Å². The van der Waals surface area contributed by atoms with Gasteiger partial charge in [0, 0.05) is 5.69 Å². The maximum absolute atomic E-state index is 12.6. The zero-order valence-electron chi connectivity index (χ0n) is 13.9. The molecule has 5 nitrogen and oxygen atoms in total. The molecule has 0 bridgehead atoms. The van der Waals surface area contributed by atoms with Crippen LogP contribution in [0.1, 0.15) is 11.6 Å². The summed E-state index contributed by atoms with van der Waals surface area (Å²) in [6.45, 7) is 0. The third kappa shape index (κ3) is 3.82. The van der Waals surface area contributed by atoms with Crippen molar-refractivity contribution in [1.29, 1.82) is 0 Å². The van der Waals surface area contributed by atoms with E-state index in [1.54, 1.807) is 54.6 Å². The van der Waals surface area contributed by atoms with Crippen molar-refractivity contribution in [2.75, 3.05) is 5.32 Å². The fraction of sp³-hybridized carbons (Fsp3) is 0.0500. The summed E-state index contributed by atoms with van der Waals surface area (Å²) in [6, 6.07) is 22.4. The Kier molecular flexibility index (Phi) is 5.16. The highest BCUT2D eigenvalue weighted by Gasteiger charge is 2.18. The molecule has 0 aliphatic carbocycles. The van der Waals surface area contributed by atoms with E-state index in [0.717, 1.165) is 0 Å². The molecule has 3 N–H and O–H groups in total. The second kappa shape index (κ2) is 7.51. The molecule has 0 fully saturated rings. The van der Waals surface area contributed by atoms with E-state index in [1.165, 1.54) is 12.1 Å². The molecule has 26 heavy (non-hydrogen) atoms. The lowest BCUT2D eigenvalue weighted by molar-refractivity contribution is -0.117. The third-order valence-electron chi connectivity index (χ3n) is 3.93. The molecule has 0 aliphatic heterocycles. The minimum absolute atomic E-state index is 0.161. The molecule has 0 radical (unpaired) electrons. The topological polar surface area (TPSA) is 89.3 Å². The maximum Gasteiger partial charge on any atom is 0.245 e. The van der Waals surface area contributed by atoms with Gasteiger partial charge in [-0.15, -0.1) is 0 Å². The van der Waals surface area contributed by atoms with E-state index in [4.69, 9.17) is 5.73 Å². The number of carbonyl (C=O) groups is 1. The van der Waals surface area contributed by atoms with E-state index in [2.05, 4.69) is 5.32 Å². The molecular weight excluding hydrogens is 348 g/mol. The molecule has 0 spiro atoms. The fourth-order valence-electron chi connectivity index (χ4n) is 2.48. The molecule has 0 aliphatic rings. The van der Waals surface area contributed by atoms with E-state index in [1.807, 2.05) is 18.2 Å². The van der Waals surface area contributed by atoms with Gasteiger partial charge in [0.15, 0.2) is 0 Å². The Morgan fingerprint density at radius 3 is 1.85 bits per heavy atom. The Balaban J connectivity index is 1.75. The monoisotopic (exact) mass is 366 g/mol. The predicted molar refractivity (Wildman–Crippen MR) is 100 cm³/mol. The van der Waals surface area contributed by atoms with Gasteiger partial charge in [-0.1, -0.05) is 48.5 Å². The lowest BCUT2D eigenvalue weighted by atomic mass is 10.1. The summed E-state index contributed by atoms with van der Waals surface area (Å²) in [6.07, 6.45) is 0. The minimum Gasteiger partial charge on any atom is -0.324 e. The number of nitrogens with two attached hydrogens (primary N) is 1. The molecule has 3 rings (SSSR count). The van der Waals surface area contributed by atoms with Crippen LogP contribution in [0.3, 0.4) is 0 Å². The van der Waals surface area contributed by atoms with E-state index in [-0.39, 0.29) is 15.7 Å². The standard InChI is InChI=1S/C20H18N2O3S/c21-19(15-7-3-1-4-8-15)20(23)22-16-11-13-18(14-12-16)26(24,25)17-9-5-2-6-10-17/h1-14,19H,21H2,(H,22,23). The first-order valence-corrected chi connectivity index (χ1v) is 9.48. The molecule has 0 heterocycles. The van der Waals surface area contributed by atoms with Crippen molar-refractivity contribution in [3.8, 4) is 0 Å². The molecule has 3 aromatic rings. The van der Waals surface area contributed by atoms with E-state index < -0.39 is 15.9 Å². The number of sulfone groups is 1. The summed E-state index contributed by atoms with van der Waals surface area (Å²) in [4.78, 5) is 12.6. The highest BCUT2D eigenvalue weighted by Crippen LogP contribution is 2.22. The lowest BCUT2D eigenvalue weighted by Gasteiger charge is -2.13. The summed E-state index contributed by atoms with van der Waals surface area (Å²) in [5, 5.41) is 2.70. The Hall–Kier alpha value is -2.96. The molecule has 0 saturated carbocycles. The van der Waals surface area contributed by atoms with Gasteiger partial charge in [0.25, 0.3) is 0 Å². The Labute approximate surface area is 152 Å². The molecular formula is C20H18N2O3S. The van der Waals surface area contributed by atoms with Crippen molar-refractivity contribution < 1.29 is 13.2 Å². The number of hydrogen-bond donors (Lipinski definition) is 2. The molecule has 1 unspecified atom stereocenters. The highest BCUT2D eigenvalue weighted by atomic mass is 32.2. The Morgan fingerprint density at radius 2 is 1.27 bits per heavy atom. The number of anilines is 1. The van der Waals surface area contributed by atoms with Crippen LogP contribution in [-0.2, 0) is 14.6 Å². The summed E-state index contributed by atoms with van der Waals surface area (Å²) in [5.41, 5.74) is 7.14. The van der Waals surface area contributed by atoms with Crippen LogP contribution in [0.25, 0.3) is 0 Å². The van der Waals surface area contributed by atoms with E-state index >= 15 is 0 Å². The molecule has 3 aromatic carbocycles. The van der Waals surface area contributed by atoms with Gasteiger partial charge in [-0.05, 0) is 42.0 Å². The Bertz CT molecular complexity index is 986. The van der Waals surface area contributed by atoms with Crippen LogP contribution in [0.5, 0.6) is 0 Å². The summed E-state index contributed by atoms with van der Waals surface area (Å²) in [7, 11) is -3.58. The first-order chi connectivity index (χ1) is 12.5. The fourth-order valence-corrected chi connectivity index (χ4v) is 3.77. The van der Waals surface area contributed by atoms with Crippen LogP contribution in [0.2, 0.25) is 0 Å². The maximum atomic E-state index is 12.6. The van der Waals surface area contributed by atoms with Gasteiger partial charge in [0.2, 0.25) is 15.7 Å². The average molecular weight is 366 g/mol. The van der Waals surface area contributed by atoms with Crippen molar-refractivity contribution in [3.63, 3.8) is 0 Å². The predicted octanol–water partition coefficient (Wildman–Crippen LogP) is 3.16. The summed E-state index contributed by atoms with van der Waals surface area (Å²) in [5.74, 6) is -0.366. The lowest BCUT2D eigenvalue weighted by Crippen LogP contribution is -2.27. The van der Waals surface area contributed by atoms with Crippen LogP contribution in [0, 0.1) is 0 Å². The van der Waals surface area contributed by atoms with Crippen LogP contribution in [0.4, 0.5) is 5.69 Å². The number of rotatable bonds is 5. The number of hydrogen-bond acceptors (Lipinski definition) is 4. The van der Waals surface area contributed by atoms with Gasteiger partial charge in [-0.3, -0.25) is 4.79 Å². The van der Waals surface area contributed by atoms with E-state index in [9.17, 15) is 13.2 Å². The van der Waals surface area contributed by atoms with Crippen LogP contribution < -0.4 is 11.1 Å². The number of benzene rings is 3. The zero-order chi connectivity index (χ0) is 18.6. The molecule has 6 heteroatoms. The number of amides is 1. The largest absolute Gasteiger partial charge is 0.324 e. The molecule has 1 amide bonds. The van der Waals surface area contributed by atoms with Crippen molar-refractivity contribution in [1.82, 2.24) is 0 Å². The van der Waals surface area contributed by atoms with Gasteiger partial charge in [0.1, 0.15) is 6.04 Å². The van der Waals surface area contributed by atoms with Crippen molar-refractivity contribution in [2.45, 2.75) is 15.8 Å². The van der Waals surface area contributed by atoms with Crippen LogP contribution in [-0.4, -0.2) is 14.3 Å². The van der Waals surface area contributed by atoms with Crippen LogP contribution in [0.15, 0.2) is 94.7 Å². The second-order valence-corrected chi connectivity index (χ2v) is 7.67. The average Bonchev–Trinajstić information content (AvgIpc) is 2.69. The van der Waals surface area contributed by atoms with Crippen molar-refractivity contribution in [2.24, 2.45) is 5.73 Å². The number of carbonyl (C=O) groups excluding carboxylic acids is 1. The molecule has 0 saturated heterocycles. The molecule has 0 aromatic heterocycles. The second-order valence-electron chi connectivity index (χ2n) is 5.72. The van der Waals surface area contributed by atoms with Gasteiger partial charge < -0.3 is 11.1 Å². The van der Waals surface area contributed by atoms with Gasteiger partial charge >= 0.3 is 0 Å².